The number of hydrazine groups is 1. The first kappa shape index (κ1) is 16.5. The first-order valence-electron chi connectivity index (χ1n) is 7.56. The van der Waals surface area contributed by atoms with Crippen molar-refractivity contribution in [2.75, 3.05) is 29.7 Å². The molecule has 7 heteroatoms. The molecule has 0 spiro atoms. The molecule has 1 heterocycles. The summed E-state index contributed by atoms with van der Waals surface area (Å²) in [6.45, 7) is 2.98. The molecule has 0 bridgehead atoms. The third-order valence-electron chi connectivity index (χ3n) is 3.40. The molecule has 0 saturated heterocycles. The van der Waals surface area contributed by atoms with Gasteiger partial charge < -0.3 is 10.6 Å². The zero-order chi connectivity index (χ0) is 16.7. The zero-order valence-corrected chi connectivity index (χ0v) is 13.4. The van der Waals surface area contributed by atoms with Gasteiger partial charge in [0.05, 0.1) is 0 Å². The van der Waals surface area contributed by atoms with Gasteiger partial charge in [0, 0.05) is 19.2 Å². The Morgan fingerprint density at radius 1 is 1.26 bits per heavy atom. The van der Waals surface area contributed by atoms with Crippen LogP contribution in [0.5, 0.6) is 0 Å². The van der Waals surface area contributed by atoms with Crippen molar-refractivity contribution >= 4 is 23.2 Å². The summed E-state index contributed by atoms with van der Waals surface area (Å²) in [5, 5.41) is 0. The number of anilines is 3. The molecule has 0 aliphatic carbocycles. The summed E-state index contributed by atoms with van der Waals surface area (Å²) in [7, 11) is 1.93. The molecule has 0 unspecified atom stereocenters. The van der Waals surface area contributed by atoms with Gasteiger partial charge in [0.2, 0.25) is 0 Å². The highest BCUT2D eigenvalue weighted by atomic mass is 16.2. The lowest BCUT2D eigenvalue weighted by molar-refractivity contribution is 0.0962. The first-order chi connectivity index (χ1) is 11.1. The summed E-state index contributed by atoms with van der Waals surface area (Å²) in [6.07, 6.45) is 3.56. The van der Waals surface area contributed by atoms with Crippen LogP contribution in [0.3, 0.4) is 0 Å². The van der Waals surface area contributed by atoms with E-state index in [0.29, 0.717) is 22.9 Å². The standard InChI is InChI=1S/C16H22N6O/c1-3-4-10-22(2)15-13(17)14(18-11-19-15)20-21-16(23)12-8-6-5-7-9-12/h5-9,11H,3-4,10,17H2,1-2H3,(H,21,23)(H,18,19,20). The third-order valence-corrected chi connectivity index (χ3v) is 3.40. The largest absolute Gasteiger partial charge is 0.393 e. The second-order valence-corrected chi connectivity index (χ2v) is 5.18. The number of hydrogen-bond acceptors (Lipinski definition) is 6. The molecule has 0 atom stereocenters. The molecular weight excluding hydrogens is 292 g/mol. The summed E-state index contributed by atoms with van der Waals surface area (Å²) in [5.41, 5.74) is 12.4. The Morgan fingerprint density at radius 2 is 2.00 bits per heavy atom. The Kier molecular flexibility index (Phi) is 5.74. The SMILES string of the molecule is CCCCN(C)c1ncnc(NNC(=O)c2ccccc2)c1N. The van der Waals surface area contributed by atoms with Gasteiger partial charge in [-0.25, -0.2) is 9.97 Å². The molecule has 0 fully saturated rings. The fourth-order valence-corrected chi connectivity index (χ4v) is 2.07. The number of carbonyl (C=O) groups excluding carboxylic acids is 1. The molecule has 1 aromatic carbocycles. The minimum absolute atomic E-state index is 0.260. The lowest BCUT2D eigenvalue weighted by Gasteiger charge is -2.20. The van der Waals surface area contributed by atoms with Crippen molar-refractivity contribution in [3.8, 4) is 0 Å². The van der Waals surface area contributed by atoms with Crippen molar-refractivity contribution in [1.29, 1.82) is 0 Å². The maximum Gasteiger partial charge on any atom is 0.269 e. The average molecular weight is 314 g/mol. The van der Waals surface area contributed by atoms with Crippen molar-refractivity contribution in [2.24, 2.45) is 0 Å². The van der Waals surface area contributed by atoms with Crippen LogP contribution in [0.4, 0.5) is 17.3 Å². The molecule has 2 aromatic rings. The van der Waals surface area contributed by atoms with E-state index in [1.807, 2.05) is 18.0 Å². The number of nitrogens with zero attached hydrogens (tertiary/aromatic N) is 3. The predicted octanol–water partition coefficient (Wildman–Crippen LogP) is 2.05. The molecule has 122 valence electrons. The summed E-state index contributed by atoms with van der Waals surface area (Å²) in [6, 6.07) is 8.91. The molecule has 4 N–H and O–H groups in total. The van der Waals surface area contributed by atoms with Gasteiger partial charge in [-0.05, 0) is 18.6 Å². The van der Waals surface area contributed by atoms with Gasteiger partial charge >= 0.3 is 0 Å². The van der Waals surface area contributed by atoms with E-state index in [1.165, 1.54) is 6.33 Å². The van der Waals surface area contributed by atoms with E-state index < -0.39 is 0 Å². The molecule has 0 saturated carbocycles. The topological polar surface area (TPSA) is 96.2 Å². The molecule has 2 rings (SSSR count). The monoisotopic (exact) mass is 314 g/mol. The lowest BCUT2D eigenvalue weighted by Crippen LogP contribution is -2.31. The number of nitrogen functional groups attached to an aromatic ring is 1. The van der Waals surface area contributed by atoms with Crippen LogP contribution in [-0.2, 0) is 0 Å². The second-order valence-electron chi connectivity index (χ2n) is 5.18. The number of nitrogens with two attached hydrogens (primary N) is 1. The number of rotatable bonds is 7. The fourth-order valence-electron chi connectivity index (χ4n) is 2.07. The van der Waals surface area contributed by atoms with Gasteiger partial charge in [-0.1, -0.05) is 31.5 Å². The van der Waals surface area contributed by atoms with E-state index in [2.05, 4.69) is 27.7 Å². The molecule has 23 heavy (non-hydrogen) atoms. The van der Waals surface area contributed by atoms with Crippen LogP contribution in [0.15, 0.2) is 36.7 Å². The van der Waals surface area contributed by atoms with E-state index in [0.717, 1.165) is 19.4 Å². The normalized spacial score (nSPS) is 10.2. The van der Waals surface area contributed by atoms with E-state index in [-0.39, 0.29) is 5.91 Å². The van der Waals surface area contributed by atoms with Gasteiger partial charge in [0.25, 0.3) is 5.91 Å². The van der Waals surface area contributed by atoms with E-state index in [4.69, 9.17) is 5.73 Å². The number of hydrogen-bond donors (Lipinski definition) is 3. The van der Waals surface area contributed by atoms with Crippen molar-refractivity contribution in [2.45, 2.75) is 19.8 Å². The van der Waals surface area contributed by atoms with Crippen molar-refractivity contribution in [1.82, 2.24) is 15.4 Å². The van der Waals surface area contributed by atoms with Crippen LogP contribution >= 0.6 is 0 Å². The Hall–Kier alpha value is -2.83. The number of unbranched alkanes of at least 4 members (excludes halogenated alkanes) is 1. The highest BCUT2D eigenvalue weighted by molar-refractivity contribution is 5.95. The van der Waals surface area contributed by atoms with Gasteiger partial charge in [0.15, 0.2) is 11.6 Å². The highest BCUT2D eigenvalue weighted by Crippen LogP contribution is 2.24. The molecule has 1 aromatic heterocycles. The second kappa shape index (κ2) is 7.98. The third kappa shape index (κ3) is 4.32. The molecule has 0 aliphatic rings. The number of nitrogens with one attached hydrogen (secondary N) is 2. The molecular formula is C16H22N6O. The maximum absolute atomic E-state index is 12.0. The fraction of sp³-hybridized carbons (Fsp3) is 0.312. The summed E-state index contributed by atoms with van der Waals surface area (Å²) >= 11 is 0. The quantitative estimate of drug-likeness (QED) is 0.677. The smallest absolute Gasteiger partial charge is 0.269 e. The lowest BCUT2D eigenvalue weighted by atomic mass is 10.2. The molecule has 0 aliphatic heterocycles. The van der Waals surface area contributed by atoms with Gasteiger partial charge in [-0.3, -0.25) is 15.6 Å². The Bertz CT molecular complexity index is 646. The molecule has 0 radical (unpaired) electrons. The minimum atomic E-state index is -0.260. The highest BCUT2D eigenvalue weighted by Gasteiger charge is 2.12. The summed E-state index contributed by atoms with van der Waals surface area (Å²) in [5.74, 6) is 0.761. The number of amides is 1. The zero-order valence-electron chi connectivity index (χ0n) is 13.4. The van der Waals surface area contributed by atoms with Crippen molar-refractivity contribution in [3.63, 3.8) is 0 Å². The Labute approximate surface area is 135 Å². The number of benzene rings is 1. The average Bonchev–Trinajstić information content (AvgIpc) is 2.59. The van der Waals surface area contributed by atoms with Crippen molar-refractivity contribution < 1.29 is 4.79 Å². The summed E-state index contributed by atoms with van der Waals surface area (Å²) < 4.78 is 0. The van der Waals surface area contributed by atoms with Crippen LogP contribution in [0.2, 0.25) is 0 Å². The van der Waals surface area contributed by atoms with Gasteiger partial charge in [-0.2, -0.15) is 0 Å². The molecule has 1 amide bonds. The van der Waals surface area contributed by atoms with Crippen LogP contribution in [-0.4, -0.2) is 29.5 Å². The van der Waals surface area contributed by atoms with Gasteiger partial charge in [-0.15, -0.1) is 0 Å². The molecule has 7 nitrogen and oxygen atoms in total. The minimum Gasteiger partial charge on any atom is -0.393 e. The van der Waals surface area contributed by atoms with E-state index >= 15 is 0 Å². The maximum atomic E-state index is 12.0. The predicted molar refractivity (Wildman–Crippen MR) is 92.2 cm³/mol. The van der Waals surface area contributed by atoms with Crippen LogP contribution in [0.1, 0.15) is 30.1 Å². The van der Waals surface area contributed by atoms with E-state index in [1.54, 1.807) is 24.3 Å². The van der Waals surface area contributed by atoms with E-state index in [9.17, 15) is 4.79 Å². The number of carbonyl (C=O) groups is 1. The van der Waals surface area contributed by atoms with Crippen LogP contribution < -0.4 is 21.5 Å². The van der Waals surface area contributed by atoms with Gasteiger partial charge in [0.1, 0.15) is 12.0 Å². The van der Waals surface area contributed by atoms with Crippen molar-refractivity contribution in [3.05, 3.63) is 42.2 Å². The van der Waals surface area contributed by atoms with Crippen LogP contribution in [0.25, 0.3) is 0 Å². The van der Waals surface area contributed by atoms with Crippen LogP contribution in [0, 0.1) is 0 Å². The first-order valence-corrected chi connectivity index (χ1v) is 7.56. The summed E-state index contributed by atoms with van der Waals surface area (Å²) in [4.78, 5) is 22.3. The number of aromatic nitrogens is 2. The Morgan fingerprint density at radius 3 is 2.70 bits per heavy atom. The Balaban J connectivity index is 2.04.